The number of morpholine rings is 1. The van der Waals surface area contributed by atoms with E-state index >= 15 is 0 Å². The first-order chi connectivity index (χ1) is 10.4. The van der Waals surface area contributed by atoms with E-state index in [2.05, 4.69) is 41.3 Å². The minimum absolute atomic E-state index is 0.144. The molecule has 3 atom stereocenters. The van der Waals surface area contributed by atoms with Gasteiger partial charge >= 0.3 is 6.03 Å². The molecule has 7 heteroatoms. The zero-order chi connectivity index (χ0) is 16.1. The summed E-state index contributed by atoms with van der Waals surface area (Å²) in [7, 11) is 0. The number of thiazole rings is 1. The SMILES string of the molecule is Cc1csc(CNC(=O)NC[C@@H](C)N2C[C@@H](C)O[C@@H](C)C2)n1. The van der Waals surface area contributed by atoms with E-state index in [-0.39, 0.29) is 18.2 Å². The Labute approximate surface area is 136 Å². The van der Waals surface area contributed by atoms with Gasteiger partial charge in [-0.3, -0.25) is 4.90 Å². The van der Waals surface area contributed by atoms with E-state index in [1.165, 1.54) is 0 Å². The summed E-state index contributed by atoms with van der Waals surface area (Å²) < 4.78 is 5.73. The Morgan fingerprint density at radius 2 is 2.14 bits per heavy atom. The average molecular weight is 326 g/mol. The van der Waals surface area contributed by atoms with Crippen LogP contribution < -0.4 is 10.6 Å². The van der Waals surface area contributed by atoms with Crippen LogP contribution in [-0.4, -0.2) is 53.8 Å². The number of nitrogens with zero attached hydrogens (tertiary/aromatic N) is 2. The zero-order valence-corrected chi connectivity index (χ0v) is 14.6. The van der Waals surface area contributed by atoms with Crippen molar-refractivity contribution in [3.8, 4) is 0 Å². The van der Waals surface area contributed by atoms with Crippen molar-refractivity contribution < 1.29 is 9.53 Å². The summed E-state index contributed by atoms with van der Waals surface area (Å²) in [4.78, 5) is 18.5. The fourth-order valence-corrected chi connectivity index (χ4v) is 3.36. The Morgan fingerprint density at radius 1 is 1.45 bits per heavy atom. The van der Waals surface area contributed by atoms with Gasteiger partial charge in [0.15, 0.2) is 0 Å². The smallest absolute Gasteiger partial charge is 0.315 e. The highest BCUT2D eigenvalue weighted by atomic mass is 32.1. The van der Waals surface area contributed by atoms with Gasteiger partial charge in [-0.25, -0.2) is 9.78 Å². The van der Waals surface area contributed by atoms with Crippen LogP contribution in [0.25, 0.3) is 0 Å². The summed E-state index contributed by atoms with van der Waals surface area (Å²) in [6, 6.07) is 0.149. The molecule has 1 aliphatic heterocycles. The van der Waals surface area contributed by atoms with Crippen molar-refractivity contribution in [3.63, 3.8) is 0 Å². The van der Waals surface area contributed by atoms with Crippen LogP contribution >= 0.6 is 11.3 Å². The van der Waals surface area contributed by atoms with Crippen LogP contribution in [0, 0.1) is 6.92 Å². The van der Waals surface area contributed by atoms with Gasteiger partial charge in [0.05, 0.1) is 18.8 Å². The lowest BCUT2D eigenvalue weighted by Crippen LogP contribution is -2.52. The lowest BCUT2D eigenvalue weighted by molar-refractivity contribution is -0.0778. The number of ether oxygens (including phenoxy) is 1. The lowest BCUT2D eigenvalue weighted by Gasteiger charge is -2.38. The van der Waals surface area contributed by atoms with Crippen molar-refractivity contribution in [3.05, 3.63) is 16.1 Å². The van der Waals surface area contributed by atoms with Crippen molar-refractivity contribution in [2.24, 2.45) is 0 Å². The molecule has 0 saturated carbocycles. The molecular weight excluding hydrogens is 300 g/mol. The van der Waals surface area contributed by atoms with Crippen molar-refractivity contribution in [1.29, 1.82) is 0 Å². The predicted octanol–water partition coefficient (Wildman–Crippen LogP) is 1.75. The second-order valence-corrected chi connectivity index (χ2v) is 6.95. The standard InChI is InChI=1S/C15H26N4O2S/c1-10-9-22-14(18-10)6-17-15(20)16-5-11(2)19-7-12(3)21-13(4)8-19/h9,11-13H,5-8H2,1-4H3,(H2,16,17,20)/t11-,12-,13+/m1/s1. The molecule has 0 aliphatic carbocycles. The second-order valence-electron chi connectivity index (χ2n) is 6.01. The number of urea groups is 1. The van der Waals surface area contributed by atoms with Crippen LogP contribution in [-0.2, 0) is 11.3 Å². The Bertz CT molecular complexity index is 484. The number of nitrogens with one attached hydrogen (secondary N) is 2. The molecular formula is C15H26N4O2S. The van der Waals surface area contributed by atoms with Gasteiger partial charge in [-0.05, 0) is 27.7 Å². The summed E-state index contributed by atoms with van der Waals surface area (Å²) >= 11 is 1.56. The van der Waals surface area contributed by atoms with Crippen LogP contribution in [0.2, 0.25) is 0 Å². The molecule has 1 fully saturated rings. The third-order valence-corrected chi connectivity index (χ3v) is 4.66. The number of carbonyl (C=O) groups is 1. The Balaban J connectivity index is 1.69. The van der Waals surface area contributed by atoms with Crippen LogP contribution in [0.1, 0.15) is 31.5 Å². The Hall–Kier alpha value is -1.18. The number of rotatable bonds is 5. The first-order valence-corrected chi connectivity index (χ1v) is 8.64. The Kier molecular flexibility index (Phi) is 6.16. The molecule has 0 spiro atoms. The quantitative estimate of drug-likeness (QED) is 0.865. The molecule has 0 aromatic carbocycles. The lowest BCUT2D eigenvalue weighted by atomic mass is 10.2. The zero-order valence-electron chi connectivity index (χ0n) is 13.8. The molecule has 6 nitrogen and oxygen atoms in total. The van der Waals surface area contributed by atoms with Gasteiger partial charge in [0.2, 0.25) is 0 Å². The summed E-state index contributed by atoms with van der Waals surface area (Å²) in [5, 5.41) is 8.68. The predicted molar refractivity (Wildman–Crippen MR) is 88.1 cm³/mol. The first kappa shape index (κ1) is 17.2. The summed E-state index contributed by atoms with van der Waals surface area (Å²) in [5.41, 5.74) is 0.992. The van der Waals surface area contributed by atoms with Crippen LogP contribution in [0.5, 0.6) is 0 Å². The highest BCUT2D eigenvalue weighted by molar-refractivity contribution is 7.09. The highest BCUT2D eigenvalue weighted by Crippen LogP contribution is 2.13. The van der Waals surface area contributed by atoms with E-state index in [1.807, 2.05) is 12.3 Å². The molecule has 2 rings (SSSR count). The minimum Gasteiger partial charge on any atom is -0.373 e. The van der Waals surface area contributed by atoms with E-state index in [4.69, 9.17) is 4.74 Å². The maximum atomic E-state index is 11.9. The number of hydrogen-bond acceptors (Lipinski definition) is 5. The Morgan fingerprint density at radius 3 is 2.73 bits per heavy atom. The minimum atomic E-state index is -0.144. The van der Waals surface area contributed by atoms with E-state index in [0.29, 0.717) is 19.1 Å². The first-order valence-electron chi connectivity index (χ1n) is 7.76. The molecule has 2 amide bonds. The molecule has 124 valence electrons. The third-order valence-electron chi connectivity index (χ3n) is 3.70. The number of aryl methyl sites for hydroxylation is 1. The summed E-state index contributed by atoms with van der Waals surface area (Å²) in [6.45, 7) is 11.2. The molecule has 1 aliphatic rings. The molecule has 0 unspecified atom stereocenters. The number of hydrogen-bond donors (Lipinski definition) is 2. The van der Waals surface area contributed by atoms with Crippen molar-refractivity contribution in [1.82, 2.24) is 20.5 Å². The van der Waals surface area contributed by atoms with Crippen molar-refractivity contribution >= 4 is 17.4 Å². The van der Waals surface area contributed by atoms with Crippen molar-refractivity contribution in [2.45, 2.75) is 52.5 Å². The number of amides is 2. The summed E-state index contributed by atoms with van der Waals surface area (Å²) in [5.74, 6) is 0. The van der Waals surface area contributed by atoms with Crippen molar-refractivity contribution in [2.75, 3.05) is 19.6 Å². The van der Waals surface area contributed by atoms with Crippen LogP contribution in [0.15, 0.2) is 5.38 Å². The fourth-order valence-electron chi connectivity index (χ4n) is 2.65. The molecule has 2 heterocycles. The topological polar surface area (TPSA) is 66.5 Å². The third kappa shape index (κ3) is 5.23. The van der Waals surface area contributed by atoms with E-state index < -0.39 is 0 Å². The maximum absolute atomic E-state index is 11.9. The monoisotopic (exact) mass is 326 g/mol. The van der Waals surface area contributed by atoms with Gasteiger partial charge in [-0.1, -0.05) is 0 Å². The normalized spacial score (nSPS) is 24.0. The molecule has 1 aromatic rings. The van der Waals surface area contributed by atoms with Crippen LogP contribution in [0.3, 0.4) is 0 Å². The van der Waals surface area contributed by atoms with Crippen LogP contribution in [0.4, 0.5) is 4.79 Å². The fraction of sp³-hybridized carbons (Fsp3) is 0.733. The van der Waals surface area contributed by atoms with Gasteiger partial charge in [0.25, 0.3) is 0 Å². The van der Waals surface area contributed by atoms with Gasteiger partial charge in [0, 0.05) is 36.8 Å². The molecule has 1 saturated heterocycles. The van der Waals surface area contributed by atoms with E-state index in [0.717, 1.165) is 23.8 Å². The highest BCUT2D eigenvalue weighted by Gasteiger charge is 2.25. The average Bonchev–Trinajstić information content (AvgIpc) is 2.87. The molecule has 0 bridgehead atoms. The maximum Gasteiger partial charge on any atom is 0.315 e. The second kappa shape index (κ2) is 7.89. The van der Waals surface area contributed by atoms with Gasteiger partial charge < -0.3 is 15.4 Å². The largest absolute Gasteiger partial charge is 0.373 e. The molecule has 0 radical (unpaired) electrons. The number of carbonyl (C=O) groups excluding carboxylic acids is 1. The molecule has 2 N–H and O–H groups in total. The van der Waals surface area contributed by atoms with E-state index in [9.17, 15) is 4.79 Å². The number of aromatic nitrogens is 1. The van der Waals surface area contributed by atoms with Gasteiger partial charge in [-0.15, -0.1) is 11.3 Å². The summed E-state index contributed by atoms with van der Waals surface area (Å²) in [6.07, 6.45) is 0.487. The van der Waals surface area contributed by atoms with Gasteiger partial charge in [-0.2, -0.15) is 0 Å². The molecule has 1 aromatic heterocycles. The van der Waals surface area contributed by atoms with E-state index in [1.54, 1.807) is 11.3 Å². The van der Waals surface area contributed by atoms with Gasteiger partial charge in [0.1, 0.15) is 5.01 Å². The molecule has 22 heavy (non-hydrogen) atoms.